The van der Waals surface area contributed by atoms with Crippen molar-refractivity contribution < 1.29 is 34.7 Å². The predicted octanol–water partition coefficient (Wildman–Crippen LogP) is -0.367. The standard InChI is InChI=1S/C17H25NO7/c1-2-5-13(21)18-14-16(23)15(22)12(8-19)25-17(14)24-9-10-6-3-4-7-11(10)20/h3-4,6-7,12,14-17,19-20,22-23H,2,5,8-9H2,1H3,(H,18,21)/t12-,14-,15-,16-,17?/m1/s1. The summed E-state index contributed by atoms with van der Waals surface area (Å²) in [7, 11) is 0. The number of benzene rings is 1. The van der Waals surface area contributed by atoms with Crippen molar-refractivity contribution in [3.05, 3.63) is 29.8 Å². The number of carbonyl (C=O) groups excluding carboxylic acids is 1. The maximum Gasteiger partial charge on any atom is 0.220 e. The number of hydrogen-bond acceptors (Lipinski definition) is 7. The van der Waals surface area contributed by atoms with Crippen LogP contribution < -0.4 is 5.32 Å². The van der Waals surface area contributed by atoms with Crippen LogP contribution in [0.5, 0.6) is 5.75 Å². The highest BCUT2D eigenvalue weighted by Gasteiger charge is 2.45. The second-order valence-corrected chi connectivity index (χ2v) is 5.99. The monoisotopic (exact) mass is 355 g/mol. The van der Waals surface area contributed by atoms with E-state index >= 15 is 0 Å². The zero-order chi connectivity index (χ0) is 18.4. The molecule has 1 aliphatic heterocycles. The zero-order valence-corrected chi connectivity index (χ0v) is 14.0. The Hall–Kier alpha value is -1.71. The molecular weight excluding hydrogens is 330 g/mol. The summed E-state index contributed by atoms with van der Waals surface area (Å²) < 4.78 is 11.1. The molecule has 0 spiro atoms. The molecule has 0 saturated carbocycles. The molecule has 1 aromatic carbocycles. The molecule has 5 atom stereocenters. The van der Waals surface area contributed by atoms with E-state index in [2.05, 4.69) is 5.32 Å². The van der Waals surface area contributed by atoms with Gasteiger partial charge in [-0.05, 0) is 12.5 Å². The smallest absolute Gasteiger partial charge is 0.220 e. The van der Waals surface area contributed by atoms with E-state index < -0.39 is 37.3 Å². The Labute approximate surface area is 146 Å². The summed E-state index contributed by atoms with van der Waals surface area (Å²) in [5.74, 6) is -0.259. The third kappa shape index (κ3) is 4.90. The number of phenolic OH excluding ortho intramolecular Hbond substituents is 1. The van der Waals surface area contributed by atoms with E-state index in [-0.39, 0.29) is 24.7 Å². The molecule has 0 radical (unpaired) electrons. The first kappa shape index (κ1) is 19.6. The summed E-state index contributed by atoms with van der Waals surface area (Å²) in [6, 6.07) is 5.58. The van der Waals surface area contributed by atoms with Gasteiger partial charge in [-0.25, -0.2) is 0 Å². The number of para-hydroxylation sites is 1. The summed E-state index contributed by atoms with van der Waals surface area (Å²) in [5.41, 5.74) is 0.505. The van der Waals surface area contributed by atoms with Gasteiger partial charge in [-0.15, -0.1) is 0 Å². The molecule has 0 aliphatic carbocycles. The van der Waals surface area contributed by atoms with E-state index in [9.17, 15) is 25.2 Å². The van der Waals surface area contributed by atoms with E-state index in [0.29, 0.717) is 12.0 Å². The molecule has 8 heteroatoms. The molecule has 1 saturated heterocycles. The zero-order valence-electron chi connectivity index (χ0n) is 14.0. The van der Waals surface area contributed by atoms with Gasteiger partial charge in [-0.1, -0.05) is 25.1 Å². The quantitative estimate of drug-likeness (QED) is 0.451. The first-order valence-electron chi connectivity index (χ1n) is 8.28. The molecule has 140 valence electrons. The van der Waals surface area contributed by atoms with E-state index in [1.54, 1.807) is 18.2 Å². The van der Waals surface area contributed by atoms with Crippen LogP contribution in [0.1, 0.15) is 25.3 Å². The maximum atomic E-state index is 11.9. The summed E-state index contributed by atoms with van der Waals surface area (Å²) >= 11 is 0. The molecule has 2 rings (SSSR count). The number of carbonyl (C=O) groups is 1. The number of aliphatic hydroxyl groups excluding tert-OH is 3. The second-order valence-electron chi connectivity index (χ2n) is 5.99. The van der Waals surface area contributed by atoms with Gasteiger partial charge in [0.05, 0.1) is 13.2 Å². The first-order valence-corrected chi connectivity index (χ1v) is 8.28. The van der Waals surface area contributed by atoms with Crippen LogP contribution in [0.15, 0.2) is 24.3 Å². The van der Waals surface area contributed by atoms with Crippen LogP contribution in [0, 0.1) is 0 Å². The molecule has 1 unspecified atom stereocenters. The van der Waals surface area contributed by atoms with Gasteiger partial charge in [0.25, 0.3) is 0 Å². The van der Waals surface area contributed by atoms with Gasteiger partial charge in [-0.3, -0.25) is 4.79 Å². The van der Waals surface area contributed by atoms with Gasteiger partial charge in [0, 0.05) is 12.0 Å². The van der Waals surface area contributed by atoms with Crippen LogP contribution in [0.25, 0.3) is 0 Å². The third-order valence-electron chi connectivity index (χ3n) is 4.08. The molecule has 0 bridgehead atoms. The average Bonchev–Trinajstić information content (AvgIpc) is 2.60. The van der Waals surface area contributed by atoms with Crippen LogP contribution in [0.3, 0.4) is 0 Å². The minimum atomic E-state index is -1.36. The van der Waals surface area contributed by atoms with Gasteiger partial charge in [-0.2, -0.15) is 0 Å². The Morgan fingerprint density at radius 3 is 2.64 bits per heavy atom. The lowest BCUT2D eigenvalue weighted by atomic mass is 9.96. The molecule has 1 aromatic rings. The van der Waals surface area contributed by atoms with Crippen LogP contribution in [0.2, 0.25) is 0 Å². The Kier molecular flexibility index (Phi) is 7.15. The van der Waals surface area contributed by atoms with Crippen LogP contribution >= 0.6 is 0 Å². The number of hydrogen-bond donors (Lipinski definition) is 5. The number of aliphatic hydroxyl groups is 3. The molecule has 8 nitrogen and oxygen atoms in total. The van der Waals surface area contributed by atoms with Gasteiger partial charge >= 0.3 is 0 Å². The fourth-order valence-corrected chi connectivity index (χ4v) is 2.67. The van der Waals surface area contributed by atoms with E-state index in [0.717, 1.165) is 0 Å². The topological polar surface area (TPSA) is 128 Å². The summed E-state index contributed by atoms with van der Waals surface area (Å²) in [6.07, 6.45) is -3.96. The predicted molar refractivity (Wildman–Crippen MR) is 87.5 cm³/mol. The highest BCUT2D eigenvalue weighted by Crippen LogP contribution is 2.25. The average molecular weight is 355 g/mol. The van der Waals surface area contributed by atoms with Crippen molar-refractivity contribution in [2.75, 3.05) is 6.61 Å². The van der Waals surface area contributed by atoms with E-state index in [1.807, 2.05) is 6.92 Å². The molecule has 25 heavy (non-hydrogen) atoms. The molecular formula is C17H25NO7. The number of aromatic hydroxyl groups is 1. The molecule has 1 amide bonds. The normalized spacial score (nSPS) is 29.4. The summed E-state index contributed by atoms with van der Waals surface area (Å²) in [5, 5.41) is 42.0. The Morgan fingerprint density at radius 1 is 1.28 bits per heavy atom. The Morgan fingerprint density at radius 2 is 2.00 bits per heavy atom. The van der Waals surface area contributed by atoms with E-state index in [4.69, 9.17) is 9.47 Å². The lowest BCUT2D eigenvalue weighted by Gasteiger charge is -2.42. The molecule has 0 aromatic heterocycles. The molecule has 5 N–H and O–H groups in total. The maximum absolute atomic E-state index is 11.9. The van der Waals surface area contributed by atoms with Crippen molar-refractivity contribution in [1.29, 1.82) is 0 Å². The number of ether oxygens (including phenoxy) is 2. The van der Waals surface area contributed by atoms with Crippen molar-refractivity contribution in [1.82, 2.24) is 5.32 Å². The lowest BCUT2D eigenvalue weighted by Crippen LogP contribution is -2.64. The number of rotatable bonds is 7. The number of phenols is 1. The van der Waals surface area contributed by atoms with Gasteiger partial charge in [0.1, 0.15) is 30.1 Å². The largest absolute Gasteiger partial charge is 0.508 e. The Balaban J connectivity index is 2.11. The van der Waals surface area contributed by atoms with Crippen LogP contribution in [0.4, 0.5) is 0 Å². The summed E-state index contributed by atoms with van der Waals surface area (Å²) in [6.45, 7) is 1.30. The number of nitrogens with one attached hydrogen (secondary N) is 1. The van der Waals surface area contributed by atoms with Crippen LogP contribution in [-0.2, 0) is 20.9 Å². The van der Waals surface area contributed by atoms with E-state index in [1.165, 1.54) is 6.07 Å². The molecule has 1 fully saturated rings. The minimum Gasteiger partial charge on any atom is -0.508 e. The fourth-order valence-electron chi connectivity index (χ4n) is 2.67. The van der Waals surface area contributed by atoms with Crippen LogP contribution in [-0.4, -0.2) is 63.6 Å². The van der Waals surface area contributed by atoms with Crippen molar-refractivity contribution in [3.8, 4) is 5.75 Å². The Bertz CT molecular complexity index is 568. The first-order chi connectivity index (χ1) is 12.0. The third-order valence-corrected chi connectivity index (χ3v) is 4.08. The van der Waals surface area contributed by atoms with Crippen molar-refractivity contribution in [3.63, 3.8) is 0 Å². The summed E-state index contributed by atoms with van der Waals surface area (Å²) in [4.78, 5) is 11.9. The highest BCUT2D eigenvalue weighted by molar-refractivity contribution is 5.76. The van der Waals surface area contributed by atoms with Gasteiger partial charge in [0.2, 0.25) is 5.91 Å². The molecule has 1 aliphatic rings. The second kappa shape index (κ2) is 9.12. The van der Waals surface area contributed by atoms with Crippen molar-refractivity contribution in [2.24, 2.45) is 0 Å². The SMILES string of the molecule is CCCC(=O)N[C@H]1C(OCc2ccccc2O)O[C@H](CO)[C@@H](O)[C@@H]1O. The van der Waals surface area contributed by atoms with Crippen molar-refractivity contribution in [2.45, 2.75) is 57.0 Å². The van der Waals surface area contributed by atoms with Gasteiger partial charge in [0.15, 0.2) is 6.29 Å². The lowest BCUT2D eigenvalue weighted by molar-refractivity contribution is -0.273. The van der Waals surface area contributed by atoms with Crippen molar-refractivity contribution >= 4 is 5.91 Å². The minimum absolute atomic E-state index is 0.0293. The molecule has 1 heterocycles. The number of amides is 1. The van der Waals surface area contributed by atoms with Gasteiger partial charge < -0.3 is 35.2 Å². The highest BCUT2D eigenvalue weighted by atomic mass is 16.7. The fraction of sp³-hybridized carbons (Fsp3) is 0.588.